The second kappa shape index (κ2) is 4.76. The van der Waals surface area contributed by atoms with Crippen molar-refractivity contribution in [2.75, 3.05) is 6.61 Å². The topological polar surface area (TPSA) is 71.0 Å². The molecule has 0 saturated carbocycles. The van der Waals surface area contributed by atoms with E-state index in [1.165, 1.54) is 0 Å². The second-order valence-corrected chi connectivity index (χ2v) is 3.22. The van der Waals surface area contributed by atoms with Crippen molar-refractivity contribution in [3.8, 4) is 17.1 Å². The third-order valence-corrected chi connectivity index (χ3v) is 2.08. The minimum absolute atomic E-state index is 0.141. The third-order valence-electron chi connectivity index (χ3n) is 2.08. The van der Waals surface area contributed by atoms with E-state index in [-0.39, 0.29) is 6.61 Å². The number of hydrogen-bond donors (Lipinski definition) is 2. The van der Waals surface area contributed by atoms with Crippen LogP contribution in [0.1, 0.15) is 12.7 Å². The molecule has 0 saturated heterocycles. The van der Waals surface area contributed by atoms with Crippen molar-refractivity contribution >= 4 is 0 Å². The van der Waals surface area contributed by atoms with E-state index in [1.807, 2.05) is 31.2 Å². The van der Waals surface area contributed by atoms with E-state index in [1.54, 1.807) is 0 Å². The first-order valence-corrected chi connectivity index (χ1v) is 5.09. The number of aromatic nitrogens is 3. The smallest absolute Gasteiger partial charge is 0.181 e. The third kappa shape index (κ3) is 2.20. The van der Waals surface area contributed by atoms with Crippen molar-refractivity contribution in [2.24, 2.45) is 0 Å². The lowest BCUT2D eigenvalue weighted by molar-refractivity contribution is 0.272. The van der Waals surface area contributed by atoms with Crippen molar-refractivity contribution in [1.29, 1.82) is 0 Å². The number of aliphatic hydroxyl groups is 1. The quantitative estimate of drug-likeness (QED) is 0.814. The second-order valence-electron chi connectivity index (χ2n) is 3.22. The molecule has 0 radical (unpaired) electrons. The van der Waals surface area contributed by atoms with Gasteiger partial charge in [0.25, 0.3) is 0 Å². The average molecular weight is 219 g/mol. The summed E-state index contributed by atoms with van der Waals surface area (Å²) in [7, 11) is 0. The zero-order valence-corrected chi connectivity index (χ0v) is 8.97. The van der Waals surface area contributed by atoms with Crippen LogP contribution in [0.2, 0.25) is 0 Å². The number of nitrogens with one attached hydrogen (secondary N) is 1. The van der Waals surface area contributed by atoms with Gasteiger partial charge in [-0.15, -0.1) is 0 Å². The van der Waals surface area contributed by atoms with Gasteiger partial charge in [0.2, 0.25) is 0 Å². The molecule has 5 heteroatoms. The zero-order valence-electron chi connectivity index (χ0n) is 8.97. The normalized spacial score (nSPS) is 10.4. The highest BCUT2D eigenvalue weighted by Gasteiger charge is 2.05. The molecule has 2 rings (SSSR count). The first-order valence-electron chi connectivity index (χ1n) is 5.09. The first kappa shape index (κ1) is 10.6. The minimum Gasteiger partial charge on any atom is -0.494 e. The average Bonchev–Trinajstić information content (AvgIpc) is 2.78. The lowest BCUT2D eigenvalue weighted by atomic mass is 10.2. The lowest BCUT2D eigenvalue weighted by Gasteiger charge is -2.03. The lowest BCUT2D eigenvalue weighted by Crippen LogP contribution is -1.91. The van der Waals surface area contributed by atoms with Gasteiger partial charge in [-0.05, 0) is 19.1 Å². The molecule has 5 nitrogen and oxygen atoms in total. The monoisotopic (exact) mass is 219 g/mol. The van der Waals surface area contributed by atoms with Crippen molar-refractivity contribution in [3.63, 3.8) is 0 Å². The van der Waals surface area contributed by atoms with Gasteiger partial charge in [0.15, 0.2) is 11.6 Å². The highest BCUT2D eigenvalue weighted by atomic mass is 16.5. The van der Waals surface area contributed by atoms with Gasteiger partial charge in [0, 0.05) is 5.56 Å². The predicted octanol–water partition coefficient (Wildman–Crippen LogP) is 1.36. The Balaban J connectivity index is 2.28. The van der Waals surface area contributed by atoms with E-state index in [2.05, 4.69) is 15.2 Å². The summed E-state index contributed by atoms with van der Waals surface area (Å²) in [5, 5.41) is 15.5. The van der Waals surface area contributed by atoms with Crippen molar-refractivity contribution in [2.45, 2.75) is 13.5 Å². The molecule has 0 bridgehead atoms. The summed E-state index contributed by atoms with van der Waals surface area (Å²) in [5.74, 6) is 1.80. The molecule has 0 spiro atoms. The Morgan fingerprint density at radius 2 is 2.31 bits per heavy atom. The summed E-state index contributed by atoms with van der Waals surface area (Å²) in [6, 6.07) is 7.53. The van der Waals surface area contributed by atoms with Gasteiger partial charge in [0.05, 0.1) is 6.61 Å². The number of hydrogen-bond acceptors (Lipinski definition) is 4. The number of aromatic amines is 1. The maximum Gasteiger partial charge on any atom is 0.181 e. The Morgan fingerprint density at radius 1 is 1.44 bits per heavy atom. The van der Waals surface area contributed by atoms with Crippen LogP contribution in [0.5, 0.6) is 5.75 Å². The minimum atomic E-state index is -0.141. The zero-order chi connectivity index (χ0) is 11.4. The van der Waals surface area contributed by atoms with Crippen LogP contribution in [0.25, 0.3) is 11.4 Å². The Hall–Kier alpha value is -1.88. The Bertz CT molecular complexity index is 468. The number of rotatable bonds is 4. The molecule has 0 unspecified atom stereocenters. The first-order chi connectivity index (χ1) is 7.83. The molecule has 1 heterocycles. The molecule has 0 fully saturated rings. The molecule has 2 N–H and O–H groups in total. The summed E-state index contributed by atoms with van der Waals surface area (Å²) in [4.78, 5) is 4.13. The largest absolute Gasteiger partial charge is 0.494 e. The van der Waals surface area contributed by atoms with E-state index < -0.39 is 0 Å². The summed E-state index contributed by atoms with van der Waals surface area (Å²) < 4.78 is 5.39. The van der Waals surface area contributed by atoms with Crippen LogP contribution < -0.4 is 4.74 Å². The summed E-state index contributed by atoms with van der Waals surface area (Å²) in [5.41, 5.74) is 0.863. The van der Waals surface area contributed by atoms with Crippen LogP contribution in [-0.2, 0) is 6.61 Å². The number of benzene rings is 1. The molecule has 16 heavy (non-hydrogen) atoms. The van der Waals surface area contributed by atoms with E-state index in [0.717, 1.165) is 11.3 Å². The Morgan fingerprint density at radius 3 is 3.00 bits per heavy atom. The van der Waals surface area contributed by atoms with Gasteiger partial charge in [-0.1, -0.05) is 12.1 Å². The summed E-state index contributed by atoms with van der Waals surface area (Å²) in [6.07, 6.45) is 0. The van der Waals surface area contributed by atoms with Gasteiger partial charge in [-0.25, -0.2) is 4.98 Å². The van der Waals surface area contributed by atoms with Gasteiger partial charge < -0.3 is 9.84 Å². The van der Waals surface area contributed by atoms with Crippen LogP contribution in [0.15, 0.2) is 24.3 Å². The van der Waals surface area contributed by atoms with Gasteiger partial charge >= 0.3 is 0 Å². The van der Waals surface area contributed by atoms with Crippen molar-refractivity contribution < 1.29 is 9.84 Å². The summed E-state index contributed by atoms with van der Waals surface area (Å²) >= 11 is 0. The maximum atomic E-state index is 8.88. The summed E-state index contributed by atoms with van der Waals surface area (Å²) in [6.45, 7) is 2.42. The fourth-order valence-electron chi connectivity index (χ4n) is 1.39. The Kier molecular flexibility index (Phi) is 3.16. The molecular formula is C11H13N3O2. The molecule has 2 aromatic rings. The maximum absolute atomic E-state index is 8.88. The van der Waals surface area contributed by atoms with Gasteiger partial charge in [-0.2, -0.15) is 5.10 Å². The SMILES string of the molecule is CCOc1cccc(-c2n[nH]c(CO)n2)c1. The van der Waals surface area contributed by atoms with Crippen LogP contribution in [0, 0.1) is 0 Å². The van der Waals surface area contributed by atoms with E-state index >= 15 is 0 Å². The number of nitrogens with zero attached hydrogens (tertiary/aromatic N) is 2. The van der Waals surface area contributed by atoms with Crippen molar-refractivity contribution in [3.05, 3.63) is 30.1 Å². The molecule has 84 valence electrons. The molecule has 0 amide bonds. The van der Waals surface area contributed by atoms with Crippen LogP contribution in [0.4, 0.5) is 0 Å². The van der Waals surface area contributed by atoms with Crippen LogP contribution in [-0.4, -0.2) is 26.9 Å². The van der Waals surface area contributed by atoms with Crippen LogP contribution in [0.3, 0.4) is 0 Å². The highest BCUT2D eigenvalue weighted by Crippen LogP contribution is 2.20. The molecule has 0 aliphatic heterocycles. The van der Waals surface area contributed by atoms with Gasteiger partial charge in [-0.3, -0.25) is 5.10 Å². The van der Waals surface area contributed by atoms with Gasteiger partial charge in [0.1, 0.15) is 12.4 Å². The molecule has 1 aromatic carbocycles. The van der Waals surface area contributed by atoms with E-state index in [4.69, 9.17) is 9.84 Å². The highest BCUT2D eigenvalue weighted by molar-refractivity contribution is 5.57. The van der Waals surface area contributed by atoms with Crippen molar-refractivity contribution in [1.82, 2.24) is 15.2 Å². The predicted molar refractivity (Wildman–Crippen MR) is 58.9 cm³/mol. The molecule has 1 aromatic heterocycles. The number of ether oxygens (including phenoxy) is 1. The fraction of sp³-hybridized carbons (Fsp3) is 0.273. The van der Waals surface area contributed by atoms with E-state index in [9.17, 15) is 0 Å². The number of H-pyrrole nitrogens is 1. The molecular weight excluding hydrogens is 206 g/mol. The molecule has 0 atom stereocenters. The standard InChI is InChI=1S/C11H13N3O2/c1-2-16-9-5-3-4-8(6-9)11-12-10(7-15)13-14-11/h3-6,15H,2,7H2,1H3,(H,12,13,14). The van der Waals surface area contributed by atoms with E-state index in [0.29, 0.717) is 18.3 Å². The molecule has 0 aliphatic carbocycles. The van der Waals surface area contributed by atoms with Crippen LogP contribution >= 0.6 is 0 Å². The Labute approximate surface area is 93.1 Å². The number of aliphatic hydroxyl groups excluding tert-OH is 1. The fourth-order valence-corrected chi connectivity index (χ4v) is 1.39. The molecule has 0 aliphatic rings.